The van der Waals surface area contributed by atoms with Crippen molar-refractivity contribution in [2.24, 2.45) is 11.1 Å². The van der Waals surface area contributed by atoms with Crippen molar-refractivity contribution < 1.29 is 17.9 Å². The topological polar surface area (TPSA) is 98.5 Å². The SMILES string of the molecule is NS(=O)(=O)c1cc(C(=O)NC2CCOC2C2CC2)cs1. The third-order valence-electron chi connectivity index (χ3n) is 3.66. The van der Waals surface area contributed by atoms with E-state index in [4.69, 9.17) is 9.88 Å². The molecular formula is C12H16N2O4S2. The Balaban J connectivity index is 1.68. The fourth-order valence-electron chi connectivity index (χ4n) is 2.49. The first-order chi connectivity index (χ1) is 9.45. The number of sulfonamides is 1. The van der Waals surface area contributed by atoms with Gasteiger partial charge >= 0.3 is 0 Å². The molecule has 0 aromatic carbocycles. The molecule has 3 N–H and O–H groups in total. The van der Waals surface area contributed by atoms with Crippen LogP contribution in [-0.4, -0.2) is 33.1 Å². The maximum absolute atomic E-state index is 12.1. The Kier molecular flexibility index (Phi) is 3.57. The van der Waals surface area contributed by atoms with Crippen molar-refractivity contribution in [2.45, 2.75) is 35.6 Å². The molecule has 8 heteroatoms. The summed E-state index contributed by atoms with van der Waals surface area (Å²) in [4.78, 5) is 12.1. The van der Waals surface area contributed by atoms with Crippen molar-refractivity contribution in [1.82, 2.24) is 5.32 Å². The number of thiophene rings is 1. The molecular weight excluding hydrogens is 300 g/mol. The highest BCUT2D eigenvalue weighted by atomic mass is 32.2. The predicted octanol–water partition coefficient (Wildman–Crippen LogP) is 0.693. The third kappa shape index (κ3) is 2.88. The highest BCUT2D eigenvalue weighted by Gasteiger charge is 2.41. The summed E-state index contributed by atoms with van der Waals surface area (Å²) < 4.78 is 28.1. The minimum Gasteiger partial charge on any atom is -0.376 e. The molecule has 6 nitrogen and oxygen atoms in total. The van der Waals surface area contributed by atoms with Gasteiger partial charge in [0.2, 0.25) is 10.0 Å². The van der Waals surface area contributed by atoms with Gasteiger partial charge in [-0.1, -0.05) is 0 Å². The van der Waals surface area contributed by atoms with Crippen LogP contribution in [0.4, 0.5) is 0 Å². The molecule has 0 radical (unpaired) electrons. The van der Waals surface area contributed by atoms with Crippen molar-refractivity contribution in [3.05, 3.63) is 17.0 Å². The first-order valence-electron chi connectivity index (χ1n) is 6.49. The van der Waals surface area contributed by atoms with E-state index in [1.165, 1.54) is 11.4 Å². The minimum atomic E-state index is -3.74. The molecule has 1 amide bonds. The first kappa shape index (κ1) is 14.0. The van der Waals surface area contributed by atoms with Gasteiger partial charge in [0.1, 0.15) is 4.21 Å². The van der Waals surface area contributed by atoms with Gasteiger partial charge in [0.05, 0.1) is 17.7 Å². The zero-order chi connectivity index (χ0) is 14.3. The summed E-state index contributed by atoms with van der Waals surface area (Å²) in [7, 11) is -3.74. The summed E-state index contributed by atoms with van der Waals surface area (Å²) >= 11 is 0.957. The van der Waals surface area contributed by atoms with Crippen LogP contribution in [0.5, 0.6) is 0 Å². The Morgan fingerprint density at radius 3 is 2.75 bits per heavy atom. The van der Waals surface area contributed by atoms with Crippen molar-refractivity contribution in [1.29, 1.82) is 0 Å². The summed E-state index contributed by atoms with van der Waals surface area (Å²) in [6.45, 7) is 0.665. The maximum atomic E-state index is 12.1. The summed E-state index contributed by atoms with van der Waals surface area (Å²) in [6.07, 6.45) is 3.23. The second-order valence-corrected chi connectivity index (χ2v) is 7.94. The number of nitrogens with two attached hydrogens (primary N) is 1. The molecule has 20 heavy (non-hydrogen) atoms. The van der Waals surface area contributed by atoms with Crippen LogP contribution in [0.15, 0.2) is 15.7 Å². The Morgan fingerprint density at radius 1 is 1.40 bits per heavy atom. The molecule has 1 aromatic heterocycles. The third-order valence-corrected chi connectivity index (χ3v) is 6.04. The van der Waals surface area contributed by atoms with E-state index in [-0.39, 0.29) is 22.3 Å². The van der Waals surface area contributed by atoms with Crippen LogP contribution < -0.4 is 10.5 Å². The largest absolute Gasteiger partial charge is 0.376 e. The van der Waals surface area contributed by atoms with E-state index in [0.29, 0.717) is 18.1 Å². The van der Waals surface area contributed by atoms with Gasteiger partial charge in [-0.05, 0) is 31.2 Å². The molecule has 0 bridgehead atoms. The molecule has 1 aromatic rings. The van der Waals surface area contributed by atoms with Gasteiger partial charge in [-0.2, -0.15) is 0 Å². The highest BCUT2D eigenvalue weighted by Crippen LogP contribution is 2.38. The van der Waals surface area contributed by atoms with Gasteiger partial charge < -0.3 is 10.1 Å². The molecule has 2 unspecified atom stereocenters. The number of carbonyl (C=O) groups is 1. The molecule has 2 heterocycles. The summed E-state index contributed by atoms with van der Waals surface area (Å²) in [5.41, 5.74) is 0.334. The molecule has 2 fully saturated rings. The normalized spacial score (nSPS) is 26.6. The molecule has 2 atom stereocenters. The predicted molar refractivity (Wildman–Crippen MR) is 74.0 cm³/mol. The Bertz CT molecular complexity index is 621. The van der Waals surface area contributed by atoms with E-state index < -0.39 is 10.0 Å². The molecule has 1 aliphatic carbocycles. The summed E-state index contributed by atoms with van der Waals surface area (Å²) in [5.74, 6) is 0.294. The number of ether oxygens (including phenoxy) is 1. The van der Waals surface area contributed by atoms with E-state index in [1.807, 2.05) is 0 Å². The van der Waals surface area contributed by atoms with Crippen LogP contribution in [0.2, 0.25) is 0 Å². The van der Waals surface area contributed by atoms with Crippen LogP contribution in [0.1, 0.15) is 29.6 Å². The van der Waals surface area contributed by atoms with Crippen molar-refractivity contribution >= 4 is 27.3 Å². The lowest BCUT2D eigenvalue weighted by molar-refractivity contribution is 0.0730. The minimum absolute atomic E-state index is 0.00376. The number of hydrogen-bond acceptors (Lipinski definition) is 5. The molecule has 3 rings (SSSR count). The smallest absolute Gasteiger partial charge is 0.252 e. The average Bonchev–Trinajstić information content (AvgIpc) is 2.91. The van der Waals surface area contributed by atoms with Crippen molar-refractivity contribution in [3.8, 4) is 0 Å². The molecule has 110 valence electrons. The highest BCUT2D eigenvalue weighted by molar-refractivity contribution is 7.91. The van der Waals surface area contributed by atoms with E-state index in [0.717, 1.165) is 30.6 Å². The molecule has 0 spiro atoms. The Hall–Kier alpha value is -0.960. The molecule has 1 saturated carbocycles. The zero-order valence-electron chi connectivity index (χ0n) is 10.7. The van der Waals surface area contributed by atoms with Crippen LogP contribution >= 0.6 is 11.3 Å². The number of hydrogen-bond donors (Lipinski definition) is 2. The zero-order valence-corrected chi connectivity index (χ0v) is 12.4. The van der Waals surface area contributed by atoms with Gasteiger partial charge in [-0.25, -0.2) is 13.6 Å². The van der Waals surface area contributed by atoms with E-state index in [1.54, 1.807) is 0 Å². The summed E-state index contributed by atoms with van der Waals surface area (Å²) in [5, 5.41) is 9.48. The number of primary sulfonamides is 1. The molecule has 2 aliphatic rings. The monoisotopic (exact) mass is 316 g/mol. The van der Waals surface area contributed by atoms with Gasteiger partial charge in [0.25, 0.3) is 5.91 Å². The number of rotatable bonds is 4. The maximum Gasteiger partial charge on any atom is 0.252 e. The lowest BCUT2D eigenvalue weighted by Gasteiger charge is -2.19. The van der Waals surface area contributed by atoms with Gasteiger partial charge in [0, 0.05) is 12.0 Å². The van der Waals surface area contributed by atoms with Gasteiger partial charge in [-0.3, -0.25) is 4.79 Å². The lowest BCUT2D eigenvalue weighted by Crippen LogP contribution is -2.41. The Labute approximate surface area is 121 Å². The second-order valence-electron chi connectivity index (χ2n) is 5.24. The number of amides is 1. The fraction of sp³-hybridized carbons (Fsp3) is 0.583. The van der Waals surface area contributed by atoms with E-state index in [9.17, 15) is 13.2 Å². The van der Waals surface area contributed by atoms with E-state index in [2.05, 4.69) is 5.32 Å². The van der Waals surface area contributed by atoms with Crippen LogP contribution in [-0.2, 0) is 14.8 Å². The quantitative estimate of drug-likeness (QED) is 0.854. The molecule has 1 aliphatic heterocycles. The Morgan fingerprint density at radius 2 is 2.15 bits per heavy atom. The van der Waals surface area contributed by atoms with Gasteiger partial charge in [0.15, 0.2) is 0 Å². The van der Waals surface area contributed by atoms with Crippen LogP contribution in [0, 0.1) is 5.92 Å². The number of carbonyl (C=O) groups excluding carboxylic acids is 1. The lowest BCUT2D eigenvalue weighted by atomic mass is 10.1. The van der Waals surface area contributed by atoms with Crippen molar-refractivity contribution in [3.63, 3.8) is 0 Å². The second kappa shape index (κ2) is 5.10. The standard InChI is InChI=1S/C12H16N2O4S2/c13-20(16,17)10-5-8(6-19-10)12(15)14-9-3-4-18-11(9)7-1-2-7/h5-7,9,11H,1-4H2,(H,14,15)(H2,13,16,17). The fourth-order valence-corrected chi connectivity index (χ4v) is 4.08. The van der Waals surface area contributed by atoms with Crippen LogP contribution in [0.3, 0.4) is 0 Å². The van der Waals surface area contributed by atoms with Gasteiger partial charge in [-0.15, -0.1) is 11.3 Å². The molecule has 1 saturated heterocycles. The number of nitrogens with one attached hydrogen (secondary N) is 1. The summed E-state index contributed by atoms with van der Waals surface area (Å²) in [6, 6.07) is 1.34. The van der Waals surface area contributed by atoms with Crippen LogP contribution in [0.25, 0.3) is 0 Å². The van der Waals surface area contributed by atoms with Crippen molar-refractivity contribution in [2.75, 3.05) is 6.61 Å². The average molecular weight is 316 g/mol. The van der Waals surface area contributed by atoms with E-state index >= 15 is 0 Å². The first-order valence-corrected chi connectivity index (χ1v) is 8.91.